The first-order valence-corrected chi connectivity index (χ1v) is 7.59. The molecule has 1 heterocycles. The summed E-state index contributed by atoms with van der Waals surface area (Å²) in [5.74, 6) is 0.0849. The highest BCUT2D eigenvalue weighted by atomic mass is 79.9. The van der Waals surface area contributed by atoms with Crippen molar-refractivity contribution in [2.24, 2.45) is 0 Å². The molecule has 9 heteroatoms. The fourth-order valence-corrected chi connectivity index (χ4v) is 3.02. The number of halogens is 2. The number of nitrogen functional groups attached to an aromatic ring is 1. The van der Waals surface area contributed by atoms with E-state index in [1.54, 1.807) is 0 Å². The molecule has 1 aromatic carbocycles. The van der Waals surface area contributed by atoms with E-state index < -0.39 is 10.0 Å². The average Bonchev–Trinajstić information content (AvgIpc) is 2.35. The first-order chi connectivity index (χ1) is 8.88. The van der Waals surface area contributed by atoms with Crippen LogP contribution >= 0.6 is 27.5 Å². The molecule has 3 N–H and O–H groups in total. The largest absolute Gasteiger partial charge is 0.399 e. The number of hydrogen-bond acceptors (Lipinski definition) is 5. The van der Waals surface area contributed by atoms with Gasteiger partial charge < -0.3 is 5.73 Å². The number of hydrogen-bond donors (Lipinski definition) is 2. The number of rotatable bonds is 3. The maximum absolute atomic E-state index is 12.1. The van der Waals surface area contributed by atoms with Gasteiger partial charge in [-0.3, -0.25) is 4.72 Å². The lowest BCUT2D eigenvalue weighted by molar-refractivity contribution is 0.601. The molecule has 0 aliphatic carbocycles. The fourth-order valence-electron chi connectivity index (χ4n) is 1.28. The molecule has 19 heavy (non-hydrogen) atoms. The molecule has 0 fully saturated rings. The van der Waals surface area contributed by atoms with Gasteiger partial charge >= 0.3 is 0 Å². The molecule has 6 nitrogen and oxygen atoms in total. The zero-order valence-electron chi connectivity index (χ0n) is 9.34. The van der Waals surface area contributed by atoms with Crippen LogP contribution in [0.5, 0.6) is 0 Å². The summed E-state index contributed by atoms with van der Waals surface area (Å²) in [6.45, 7) is 0. The van der Waals surface area contributed by atoms with Gasteiger partial charge in [-0.05, 0) is 34.1 Å². The predicted molar refractivity (Wildman–Crippen MR) is 76.4 cm³/mol. The van der Waals surface area contributed by atoms with Crippen LogP contribution < -0.4 is 10.5 Å². The Hall–Kier alpha value is -1.38. The summed E-state index contributed by atoms with van der Waals surface area (Å²) in [6.07, 6.45) is 2.65. The van der Waals surface area contributed by atoms with Gasteiger partial charge in [0, 0.05) is 5.69 Å². The highest BCUT2D eigenvalue weighted by Gasteiger charge is 2.19. The van der Waals surface area contributed by atoms with Crippen molar-refractivity contribution in [3.05, 3.63) is 40.2 Å². The Labute approximate surface area is 123 Å². The third-order valence-corrected chi connectivity index (χ3v) is 4.35. The van der Waals surface area contributed by atoms with E-state index in [9.17, 15) is 8.42 Å². The van der Waals surface area contributed by atoms with E-state index >= 15 is 0 Å². The van der Waals surface area contributed by atoms with Gasteiger partial charge in [0.25, 0.3) is 10.0 Å². The Morgan fingerprint density at radius 3 is 2.63 bits per heavy atom. The second kappa shape index (κ2) is 5.32. The van der Waals surface area contributed by atoms with Gasteiger partial charge in [0.05, 0.1) is 17.4 Å². The van der Waals surface area contributed by atoms with E-state index in [-0.39, 0.29) is 15.7 Å². The lowest BCUT2D eigenvalue weighted by Gasteiger charge is -2.09. The van der Waals surface area contributed by atoms with Gasteiger partial charge in [0.15, 0.2) is 5.82 Å². The zero-order valence-corrected chi connectivity index (χ0v) is 12.5. The molecule has 0 aliphatic rings. The summed E-state index contributed by atoms with van der Waals surface area (Å²) in [4.78, 5) is 7.62. The Balaban J connectivity index is 2.37. The Morgan fingerprint density at radius 1 is 1.26 bits per heavy atom. The molecule has 2 rings (SSSR count). The van der Waals surface area contributed by atoms with Crippen LogP contribution in [-0.2, 0) is 10.0 Å². The van der Waals surface area contributed by atoms with Crippen molar-refractivity contribution in [1.82, 2.24) is 9.97 Å². The molecule has 0 saturated heterocycles. The molecule has 0 atom stereocenters. The molecule has 100 valence electrons. The molecule has 0 saturated carbocycles. The molecule has 1 aromatic heterocycles. The summed E-state index contributed by atoms with van der Waals surface area (Å²) < 4.78 is 27.0. The number of anilines is 2. The van der Waals surface area contributed by atoms with Crippen LogP contribution in [-0.4, -0.2) is 18.4 Å². The molecular formula is C10H8BrClN4O2S. The van der Waals surface area contributed by atoms with Crippen LogP contribution in [0.15, 0.2) is 40.1 Å². The van der Waals surface area contributed by atoms with Gasteiger partial charge in [0.2, 0.25) is 0 Å². The Morgan fingerprint density at radius 2 is 2.00 bits per heavy atom. The summed E-state index contributed by atoms with van der Waals surface area (Å²) in [5.41, 5.74) is 5.85. The number of nitrogens with one attached hydrogen (secondary N) is 1. The zero-order chi connectivity index (χ0) is 14.0. The maximum atomic E-state index is 12.1. The Bertz CT molecular complexity index is 706. The van der Waals surface area contributed by atoms with Crippen molar-refractivity contribution in [3.8, 4) is 0 Å². The molecule has 2 aromatic rings. The second-order valence-electron chi connectivity index (χ2n) is 3.52. The van der Waals surface area contributed by atoms with E-state index in [0.717, 1.165) is 0 Å². The smallest absolute Gasteiger partial charge is 0.264 e. The number of aromatic nitrogens is 2. The van der Waals surface area contributed by atoms with Crippen LogP contribution in [0.3, 0.4) is 0 Å². The van der Waals surface area contributed by atoms with Crippen LogP contribution in [0.4, 0.5) is 11.5 Å². The summed E-state index contributed by atoms with van der Waals surface area (Å²) in [7, 11) is -3.86. The van der Waals surface area contributed by atoms with Gasteiger partial charge in [-0.2, -0.15) is 0 Å². The van der Waals surface area contributed by atoms with Crippen molar-refractivity contribution in [3.63, 3.8) is 0 Å². The average molecular weight is 364 g/mol. The van der Waals surface area contributed by atoms with Crippen LogP contribution in [0, 0.1) is 0 Å². The van der Waals surface area contributed by atoms with Crippen molar-refractivity contribution >= 4 is 49.1 Å². The highest BCUT2D eigenvalue weighted by Crippen LogP contribution is 2.25. The van der Waals surface area contributed by atoms with Gasteiger partial charge in [-0.1, -0.05) is 11.6 Å². The van der Waals surface area contributed by atoms with E-state index in [1.165, 1.54) is 30.6 Å². The van der Waals surface area contributed by atoms with Crippen LogP contribution in [0.25, 0.3) is 0 Å². The van der Waals surface area contributed by atoms with E-state index in [2.05, 4.69) is 30.6 Å². The Kier molecular flexibility index (Phi) is 3.93. The molecule has 0 spiro atoms. The van der Waals surface area contributed by atoms with E-state index in [0.29, 0.717) is 10.3 Å². The second-order valence-corrected chi connectivity index (χ2v) is 6.39. The van der Waals surface area contributed by atoms with Crippen molar-refractivity contribution in [1.29, 1.82) is 0 Å². The standard InChI is InChI=1S/C10H8BrClN4O2S/c11-9-4-15-10(5-14-9)16-19(17,18)8-3-6(13)1-2-7(8)12/h1-5H,13H2,(H,15,16). The number of nitrogens with zero attached hydrogens (tertiary/aromatic N) is 2. The molecule has 0 amide bonds. The lowest BCUT2D eigenvalue weighted by atomic mass is 10.3. The normalized spacial score (nSPS) is 11.3. The third kappa shape index (κ3) is 3.34. The number of benzene rings is 1. The van der Waals surface area contributed by atoms with E-state index in [4.69, 9.17) is 17.3 Å². The monoisotopic (exact) mass is 362 g/mol. The van der Waals surface area contributed by atoms with E-state index in [1.807, 2.05) is 0 Å². The minimum Gasteiger partial charge on any atom is -0.399 e. The topological polar surface area (TPSA) is 98.0 Å². The molecule has 0 unspecified atom stereocenters. The minimum absolute atomic E-state index is 0.0757. The summed E-state index contributed by atoms with van der Waals surface area (Å²) >= 11 is 8.96. The van der Waals surface area contributed by atoms with Crippen molar-refractivity contribution in [2.45, 2.75) is 4.90 Å². The van der Waals surface area contributed by atoms with Gasteiger partial charge in [0.1, 0.15) is 9.50 Å². The number of nitrogens with two attached hydrogens (primary N) is 1. The first-order valence-electron chi connectivity index (χ1n) is 4.94. The molecule has 0 aliphatic heterocycles. The minimum atomic E-state index is -3.86. The quantitative estimate of drug-likeness (QED) is 0.815. The SMILES string of the molecule is Nc1ccc(Cl)c(S(=O)(=O)Nc2cnc(Br)cn2)c1. The summed E-state index contributed by atoms with van der Waals surface area (Å²) in [5, 5.41) is 0.0757. The van der Waals surface area contributed by atoms with Gasteiger partial charge in [-0.25, -0.2) is 18.4 Å². The maximum Gasteiger partial charge on any atom is 0.264 e. The van der Waals surface area contributed by atoms with Crippen LogP contribution in [0.1, 0.15) is 0 Å². The van der Waals surface area contributed by atoms with Crippen LogP contribution in [0.2, 0.25) is 5.02 Å². The van der Waals surface area contributed by atoms with Crippen molar-refractivity contribution in [2.75, 3.05) is 10.5 Å². The van der Waals surface area contributed by atoms with Crippen molar-refractivity contribution < 1.29 is 8.42 Å². The highest BCUT2D eigenvalue weighted by molar-refractivity contribution is 9.10. The molecule has 0 radical (unpaired) electrons. The van der Waals surface area contributed by atoms with Gasteiger partial charge in [-0.15, -0.1) is 0 Å². The third-order valence-electron chi connectivity index (χ3n) is 2.10. The lowest BCUT2D eigenvalue weighted by Crippen LogP contribution is -2.15. The number of sulfonamides is 1. The first kappa shape index (κ1) is 14.0. The molecule has 0 bridgehead atoms. The summed E-state index contributed by atoms with van der Waals surface area (Å²) in [6, 6.07) is 4.20. The fraction of sp³-hybridized carbons (Fsp3) is 0. The predicted octanol–water partition coefficient (Wildman–Crippen LogP) is 2.28. The molecular weight excluding hydrogens is 356 g/mol.